The average molecular weight is 182 g/mol. The van der Waals surface area contributed by atoms with Gasteiger partial charge in [0.2, 0.25) is 0 Å². The van der Waals surface area contributed by atoms with Crippen LogP contribution < -0.4 is 10.6 Å². The van der Waals surface area contributed by atoms with Gasteiger partial charge in [-0.05, 0) is 25.6 Å². The predicted molar refractivity (Wildman–Crippen MR) is 53.6 cm³/mol. The average Bonchev–Trinajstić information content (AvgIpc) is 2.64. The van der Waals surface area contributed by atoms with Crippen molar-refractivity contribution in [1.29, 1.82) is 0 Å². The van der Waals surface area contributed by atoms with Gasteiger partial charge in [0.05, 0.1) is 12.8 Å². The summed E-state index contributed by atoms with van der Waals surface area (Å²) in [6.07, 6.45) is 1.70. The van der Waals surface area contributed by atoms with Crippen LogP contribution in [-0.2, 0) is 6.54 Å². The summed E-state index contributed by atoms with van der Waals surface area (Å²) in [7, 11) is 0. The van der Waals surface area contributed by atoms with Crippen molar-refractivity contribution in [3.05, 3.63) is 24.2 Å². The first-order chi connectivity index (χ1) is 6.33. The molecule has 1 unspecified atom stereocenters. The summed E-state index contributed by atoms with van der Waals surface area (Å²) in [5.74, 6) is 0.989. The topological polar surface area (TPSA) is 37.2 Å². The normalized spacial score (nSPS) is 13.1. The number of nitrogens with one attached hydrogen (secondary N) is 2. The van der Waals surface area contributed by atoms with Crippen molar-refractivity contribution in [2.24, 2.45) is 0 Å². The smallest absolute Gasteiger partial charge is 0.117 e. The third kappa shape index (κ3) is 4.10. The Morgan fingerprint density at radius 3 is 3.00 bits per heavy atom. The molecule has 0 bridgehead atoms. The highest BCUT2D eigenvalue weighted by atomic mass is 16.3. The molecule has 13 heavy (non-hydrogen) atoms. The van der Waals surface area contributed by atoms with Crippen molar-refractivity contribution in [2.75, 3.05) is 13.1 Å². The molecule has 0 aliphatic heterocycles. The van der Waals surface area contributed by atoms with Crippen molar-refractivity contribution >= 4 is 0 Å². The molecule has 3 nitrogen and oxygen atoms in total. The van der Waals surface area contributed by atoms with Crippen LogP contribution in [0.3, 0.4) is 0 Å². The van der Waals surface area contributed by atoms with E-state index in [1.165, 1.54) is 0 Å². The number of likely N-dealkylation sites (N-methyl/N-ethyl adjacent to an activating group) is 1. The molecule has 0 aliphatic rings. The fourth-order valence-corrected chi connectivity index (χ4v) is 1.12. The van der Waals surface area contributed by atoms with Gasteiger partial charge in [-0.3, -0.25) is 0 Å². The fourth-order valence-electron chi connectivity index (χ4n) is 1.12. The van der Waals surface area contributed by atoms with Crippen molar-refractivity contribution < 1.29 is 4.42 Å². The van der Waals surface area contributed by atoms with Gasteiger partial charge in [0.25, 0.3) is 0 Å². The van der Waals surface area contributed by atoms with Crippen LogP contribution in [0, 0.1) is 0 Å². The van der Waals surface area contributed by atoms with Gasteiger partial charge in [0, 0.05) is 12.6 Å². The SMILES string of the molecule is CCNCC(C)NCc1ccco1. The molecular formula is C10H18N2O. The fraction of sp³-hybridized carbons (Fsp3) is 0.600. The molecule has 0 aromatic carbocycles. The minimum Gasteiger partial charge on any atom is -0.468 e. The number of furan rings is 1. The van der Waals surface area contributed by atoms with E-state index in [1.54, 1.807) is 6.26 Å². The minimum absolute atomic E-state index is 0.477. The maximum absolute atomic E-state index is 5.21. The van der Waals surface area contributed by atoms with Gasteiger partial charge < -0.3 is 15.1 Å². The zero-order valence-corrected chi connectivity index (χ0v) is 8.34. The van der Waals surface area contributed by atoms with Crippen LogP contribution in [0.4, 0.5) is 0 Å². The predicted octanol–water partition coefficient (Wildman–Crippen LogP) is 1.37. The van der Waals surface area contributed by atoms with E-state index in [4.69, 9.17) is 4.42 Å². The Hall–Kier alpha value is -0.800. The number of rotatable bonds is 6. The standard InChI is InChI=1S/C10H18N2O/c1-3-11-7-9(2)12-8-10-5-4-6-13-10/h4-6,9,11-12H,3,7-8H2,1-2H3. The molecule has 2 N–H and O–H groups in total. The largest absolute Gasteiger partial charge is 0.468 e. The Bertz CT molecular complexity index is 209. The number of hydrogen-bond acceptors (Lipinski definition) is 3. The zero-order valence-electron chi connectivity index (χ0n) is 8.34. The minimum atomic E-state index is 0.477. The van der Waals surface area contributed by atoms with Gasteiger partial charge in [0.15, 0.2) is 0 Å². The van der Waals surface area contributed by atoms with Crippen molar-refractivity contribution in [3.8, 4) is 0 Å². The van der Waals surface area contributed by atoms with Crippen molar-refractivity contribution in [3.63, 3.8) is 0 Å². The van der Waals surface area contributed by atoms with Gasteiger partial charge in [-0.2, -0.15) is 0 Å². The van der Waals surface area contributed by atoms with Gasteiger partial charge >= 0.3 is 0 Å². The molecule has 0 amide bonds. The lowest BCUT2D eigenvalue weighted by atomic mass is 10.3. The van der Waals surface area contributed by atoms with Gasteiger partial charge in [-0.15, -0.1) is 0 Å². The van der Waals surface area contributed by atoms with Crippen LogP contribution in [0.1, 0.15) is 19.6 Å². The van der Waals surface area contributed by atoms with Gasteiger partial charge in [-0.1, -0.05) is 6.92 Å². The van der Waals surface area contributed by atoms with E-state index in [-0.39, 0.29) is 0 Å². The first kappa shape index (κ1) is 10.3. The maximum Gasteiger partial charge on any atom is 0.117 e. The third-order valence-corrected chi connectivity index (χ3v) is 1.91. The summed E-state index contributed by atoms with van der Waals surface area (Å²) in [4.78, 5) is 0. The molecule has 1 aromatic heterocycles. The molecule has 1 rings (SSSR count). The summed E-state index contributed by atoms with van der Waals surface area (Å²) in [6, 6.07) is 4.36. The lowest BCUT2D eigenvalue weighted by Gasteiger charge is -2.12. The van der Waals surface area contributed by atoms with Crippen LogP contribution in [-0.4, -0.2) is 19.1 Å². The lowest BCUT2D eigenvalue weighted by Crippen LogP contribution is -2.35. The Labute approximate surface area is 79.5 Å². The molecule has 74 valence electrons. The Morgan fingerprint density at radius 2 is 2.38 bits per heavy atom. The molecule has 1 aromatic rings. The molecule has 0 saturated heterocycles. The van der Waals surface area contributed by atoms with E-state index >= 15 is 0 Å². The quantitative estimate of drug-likeness (QED) is 0.697. The summed E-state index contributed by atoms with van der Waals surface area (Å²) in [5, 5.41) is 6.65. The Kier molecular flexibility index (Phi) is 4.57. The van der Waals surface area contributed by atoms with E-state index in [2.05, 4.69) is 24.5 Å². The lowest BCUT2D eigenvalue weighted by molar-refractivity contribution is 0.444. The molecule has 0 aliphatic carbocycles. The van der Waals surface area contributed by atoms with E-state index in [1.807, 2.05) is 12.1 Å². The van der Waals surface area contributed by atoms with E-state index in [0.717, 1.165) is 25.4 Å². The van der Waals surface area contributed by atoms with E-state index in [0.29, 0.717) is 6.04 Å². The Morgan fingerprint density at radius 1 is 1.54 bits per heavy atom. The van der Waals surface area contributed by atoms with Crippen molar-refractivity contribution in [1.82, 2.24) is 10.6 Å². The van der Waals surface area contributed by atoms with E-state index in [9.17, 15) is 0 Å². The second-order valence-corrected chi connectivity index (χ2v) is 3.17. The van der Waals surface area contributed by atoms with Gasteiger partial charge in [-0.25, -0.2) is 0 Å². The third-order valence-electron chi connectivity index (χ3n) is 1.91. The highest BCUT2D eigenvalue weighted by molar-refractivity contribution is 4.97. The summed E-state index contributed by atoms with van der Waals surface area (Å²) in [5.41, 5.74) is 0. The molecule has 3 heteroatoms. The van der Waals surface area contributed by atoms with E-state index < -0.39 is 0 Å². The Balaban J connectivity index is 2.11. The molecule has 0 saturated carbocycles. The zero-order chi connectivity index (χ0) is 9.52. The second-order valence-electron chi connectivity index (χ2n) is 3.17. The molecule has 0 spiro atoms. The summed E-state index contributed by atoms with van der Waals surface area (Å²) < 4.78 is 5.21. The second kappa shape index (κ2) is 5.78. The van der Waals surface area contributed by atoms with Crippen LogP contribution >= 0.6 is 0 Å². The van der Waals surface area contributed by atoms with Crippen LogP contribution in [0.15, 0.2) is 22.8 Å². The van der Waals surface area contributed by atoms with Crippen LogP contribution in [0.2, 0.25) is 0 Å². The summed E-state index contributed by atoms with van der Waals surface area (Å²) in [6.45, 7) is 7.09. The first-order valence-electron chi connectivity index (χ1n) is 4.79. The van der Waals surface area contributed by atoms with Gasteiger partial charge in [0.1, 0.15) is 5.76 Å². The number of hydrogen-bond donors (Lipinski definition) is 2. The summed E-state index contributed by atoms with van der Waals surface area (Å²) >= 11 is 0. The first-order valence-corrected chi connectivity index (χ1v) is 4.79. The highest BCUT2D eigenvalue weighted by Crippen LogP contribution is 1.98. The molecule has 1 heterocycles. The highest BCUT2D eigenvalue weighted by Gasteiger charge is 2.00. The molecule has 1 atom stereocenters. The molecular weight excluding hydrogens is 164 g/mol. The van der Waals surface area contributed by atoms with Crippen LogP contribution in [0.25, 0.3) is 0 Å². The monoisotopic (exact) mass is 182 g/mol. The molecule has 0 radical (unpaired) electrons. The van der Waals surface area contributed by atoms with Crippen molar-refractivity contribution in [2.45, 2.75) is 26.4 Å². The van der Waals surface area contributed by atoms with Crippen LogP contribution in [0.5, 0.6) is 0 Å². The maximum atomic E-state index is 5.21. The molecule has 0 fully saturated rings.